The Morgan fingerprint density at radius 2 is 2.21 bits per heavy atom. The van der Waals surface area contributed by atoms with E-state index >= 15 is 0 Å². The van der Waals surface area contributed by atoms with Gasteiger partial charge in [0.2, 0.25) is 0 Å². The normalized spacial score (nSPS) is 37.4. The van der Waals surface area contributed by atoms with Crippen LogP contribution in [0.5, 0.6) is 0 Å². The van der Waals surface area contributed by atoms with Crippen molar-refractivity contribution in [2.75, 3.05) is 7.11 Å². The highest BCUT2D eigenvalue weighted by molar-refractivity contribution is 5.79. The van der Waals surface area contributed by atoms with Crippen LogP contribution in [0.3, 0.4) is 0 Å². The van der Waals surface area contributed by atoms with E-state index in [1.165, 1.54) is 0 Å². The number of aliphatic carboxylic acids is 1. The molecule has 2 rings (SSSR count). The second-order valence-corrected chi connectivity index (χ2v) is 4.41. The molecule has 2 aliphatic rings. The predicted molar refractivity (Wildman–Crippen MR) is 51.2 cm³/mol. The van der Waals surface area contributed by atoms with E-state index in [1.54, 1.807) is 7.11 Å². The maximum Gasteiger partial charge on any atom is 0.324 e. The third kappa shape index (κ3) is 1.77. The summed E-state index contributed by atoms with van der Waals surface area (Å²) in [5, 5.41) is 12.5. The molecule has 0 aromatic rings. The fourth-order valence-electron chi connectivity index (χ4n) is 2.21. The molecule has 0 saturated heterocycles. The van der Waals surface area contributed by atoms with Crippen LogP contribution >= 0.6 is 0 Å². The van der Waals surface area contributed by atoms with Gasteiger partial charge in [0.1, 0.15) is 5.54 Å². The van der Waals surface area contributed by atoms with Crippen molar-refractivity contribution in [2.24, 2.45) is 0 Å². The minimum absolute atomic E-state index is 0.109. The number of carbonyl (C=O) groups is 1. The number of hydrogen-bond donors (Lipinski definition) is 2. The van der Waals surface area contributed by atoms with Gasteiger partial charge in [-0.25, -0.2) is 0 Å². The number of nitrogens with one attached hydrogen (secondary N) is 1. The molecule has 0 amide bonds. The number of carboxylic acid groups (broad SMARTS) is 1. The summed E-state index contributed by atoms with van der Waals surface area (Å²) in [6.07, 6.45) is 4.49. The van der Waals surface area contributed by atoms with Crippen molar-refractivity contribution in [2.45, 2.75) is 49.8 Å². The molecule has 2 atom stereocenters. The topological polar surface area (TPSA) is 58.6 Å². The number of methoxy groups -OCH3 is 1. The van der Waals surface area contributed by atoms with Crippen LogP contribution in [0.2, 0.25) is 0 Å². The van der Waals surface area contributed by atoms with Crippen molar-refractivity contribution in [1.29, 1.82) is 0 Å². The van der Waals surface area contributed by atoms with Gasteiger partial charge in [-0.2, -0.15) is 0 Å². The van der Waals surface area contributed by atoms with Gasteiger partial charge in [0.25, 0.3) is 0 Å². The molecule has 0 radical (unpaired) electrons. The Balaban J connectivity index is 2.03. The van der Waals surface area contributed by atoms with Crippen LogP contribution in [-0.2, 0) is 9.53 Å². The first kappa shape index (κ1) is 9.93. The fraction of sp³-hybridized carbons (Fsp3) is 0.900. The molecule has 4 nitrogen and oxygen atoms in total. The number of hydrogen-bond acceptors (Lipinski definition) is 3. The first-order valence-electron chi connectivity index (χ1n) is 5.20. The minimum atomic E-state index is -0.719. The molecule has 0 aliphatic heterocycles. The molecule has 2 unspecified atom stereocenters. The van der Waals surface area contributed by atoms with Crippen LogP contribution < -0.4 is 5.32 Å². The average Bonchev–Trinajstić information content (AvgIpc) is 2.83. The fourth-order valence-corrected chi connectivity index (χ4v) is 2.21. The highest BCUT2D eigenvalue weighted by atomic mass is 16.5. The van der Waals surface area contributed by atoms with Gasteiger partial charge in [0.15, 0.2) is 0 Å². The highest BCUT2D eigenvalue weighted by Gasteiger charge is 2.48. The van der Waals surface area contributed by atoms with Gasteiger partial charge >= 0.3 is 5.97 Å². The van der Waals surface area contributed by atoms with Gasteiger partial charge in [0.05, 0.1) is 6.10 Å². The Kier molecular flexibility index (Phi) is 2.49. The van der Waals surface area contributed by atoms with E-state index in [1.807, 2.05) is 0 Å². The van der Waals surface area contributed by atoms with Crippen LogP contribution in [0.25, 0.3) is 0 Å². The van der Waals surface area contributed by atoms with E-state index in [0.29, 0.717) is 18.9 Å². The molecule has 2 N–H and O–H groups in total. The molecule has 0 aromatic heterocycles. The lowest BCUT2D eigenvalue weighted by atomic mass is 9.97. The van der Waals surface area contributed by atoms with Crippen LogP contribution in [0.1, 0.15) is 32.1 Å². The Labute approximate surface area is 83.6 Å². The van der Waals surface area contributed by atoms with Gasteiger partial charge in [-0.05, 0) is 25.7 Å². The average molecular weight is 199 g/mol. The largest absolute Gasteiger partial charge is 0.480 e. The van der Waals surface area contributed by atoms with Gasteiger partial charge in [-0.3, -0.25) is 10.1 Å². The zero-order valence-electron chi connectivity index (χ0n) is 8.45. The molecular formula is C10H17NO3. The molecule has 14 heavy (non-hydrogen) atoms. The van der Waals surface area contributed by atoms with E-state index in [-0.39, 0.29) is 6.10 Å². The first-order chi connectivity index (χ1) is 6.66. The summed E-state index contributed by atoms with van der Waals surface area (Å²) in [6, 6.07) is 0.432. The summed E-state index contributed by atoms with van der Waals surface area (Å²) in [4.78, 5) is 11.2. The summed E-state index contributed by atoms with van der Waals surface area (Å²) in [5.41, 5.74) is -0.707. The third-order valence-electron chi connectivity index (χ3n) is 3.27. The summed E-state index contributed by atoms with van der Waals surface area (Å²) < 4.78 is 5.22. The smallest absolute Gasteiger partial charge is 0.324 e. The molecule has 80 valence electrons. The van der Waals surface area contributed by atoms with Crippen molar-refractivity contribution in [3.05, 3.63) is 0 Å². The second-order valence-electron chi connectivity index (χ2n) is 4.41. The second kappa shape index (κ2) is 3.51. The molecule has 0 bridgehead atoms. The van der Waals surface area contributed by atoms with E-state index in [0.717, 1.165) is 19.3 Å². The Bertz CT molecular complexity index is 240. The zero-order chi connectivity index (χ0) is 10.2. The highest BCUT2D eigenvalue weighted by Crippen LogP contribution is 2.35. The summed E-state index contributed by atoms with van der Waals surface area (Å²) in [7, 11) is 1.65. The molecule has 2 saturated carbocycles. The minimum Gasteiger partial charge on any atom is -0.480 e. The van der Waals surface area contributed by atoms with Crippen LogP contribution in [0.4, 0.5) is 0 Å². The molecule has 0 spiro atoms. The number of carboxylic acids is 1. The number of rotatable bonds is 4. The lowest BCUT2D eigenvalue weighted by molar-refractivity contribution is -0.145. The van der Waals surface area contributed by atoms with E-state index in [4.69, 9.17) is 4.74 Å². The van der Waals surface area contributed by atoms with Gasteiger partial charge in [-0.15, -0.1) is 0 Å². The van der Waals surface area contributed by atoms with E-state index < -0.39 is 11.5 Å². The van der Waals surface area contributed by atoms with Crippen LogP contribution in [0, 0.1) is 0 Å². The quantitative estimate of drug-likeness (QED) is 0.702. The molecule has 4 heteroatoms. The van der Waals surface area contributed by atoms with Crippen molar-refractivity contribution in [3.63, 3.8) is 0 Å². The molecule has 2 fully saturated rings. The van der Waals surface area contributed by atoms with Crippen molar-refractivity contribution < 1.29 is 14.6 Å². The van der Waals surface area contributed by atoms with Crippen molar-refractivity contribution in [1.82, 2.24) is 5.32 Å². The maximum atomic E-state index is 11.2. The molecular weight excluding hydrogens is 182 g/mol. The zero-order valence-corrected chi connectivity index (χ0v) is 8.45. The van der Waals surface area contributed by atoms with E-state index in [2.05, 4.69) is 5.32 Å². The molecule has 0 aromatic carbocycles. The summed E-state index contributed by atoms with van der Waals surface area (Å²) in [6.45, 7) is 0. The monoisotopic (exact) mass is 199 g/mol. The standard InChI is InChI=1S/C10H17NO3/c1-14-8-4-5-10(6-8,9(12)13)11-7-2-3-7/h7-8,11H,2-6H2,1H3,(H,12,13). The third-order valence-corrected chi connectivity index (χ3v) is 3.27. The Hall–Kier alpha value is -0.610. The summed E-state index contributed by atoms with van der Waals surface area (Å²) in [5.74, 6) is -0.719. The lowest BCUT2D eigenvalue weighted by Crippen LogP contribution is -2.51. The number of ether oxygens (including phenoxy) is 1. The Morgan fingerprint density at radius 3 is 2.64 bits per heavy atom. The predicted octanol–water partition coefficient (Wildman–Crippen LogP) is 0.761. The summed E-state index contributed by atoms with van der Waals surface area (Å²) >= 11 is 0. The van der Waals surface area contributed by atoms with Gasteiger partial charge < -0.3 is 9.84 Å². The molecule has 0 heterocycles. The van der Waals surface area contributed by atoms with Gasteiger partial charge in [0, 0.05) is 19.6 Å². The molecule has 2 aliphatic carbocycles. The van der Waals surface area contributed by atoms with Crippen molar-refractivity contribution in [3.8, 4) is 0 Å². The van der Waals surface area contributed by atoms with Gasteiger partial charge in [-0.1, -0.05) is 0 Å². The van der Waals surface area contributed by atoms with Crippen LogP contribution in [-0.4, -0.2) is 35.9 Å². The van der Waals surface area contributed by atoms with Crippen molar-refractivity contribution >= 4 is 5.97 Å². The lowest BCUT2D eigenvalue weighted by Gasteiger charge is -2.25. The van der Waals surface area contributed by atoms with E-state index in [9.17, 15) is 9.90 Å². The SMILES string of the molecule is COC1CCC(NC2CC2)(C(=O)O)C1. The van der Waals surface area contributed by atoms with Crippen LogP contribution in [0.15, 0.2) is 0 Å². The maximum absolute atomic E-state index is 11.2. The Morgan fingerprint density at radius 1 is 1.50 bits per heavy atom. The first-order valence-corrected chi connectivity index (χ1v) is 5.20.